The summed E-state index contributed by atoms with van der Waals surface area (Å²) >= 11 is 0. The van der Waals surface area contributed by atoms with Crippen LogP contribution in [0.5, 0.6) is 0 Å². The molecule has 1 aromatic heterocycles. The molecule has 1 nitrogen and oxygen atoms in total. The second-order valence-electron chi connectivity index (χ2n) is 5.50. The monoisotopic (exact) mass is 231 g/mol. The van der Waals surface area contributed by atoms with E-state index in [4.69, 9.17) is 4.98 Å². The van der Waals surface area contributed by atoms with E-state index in [1.54, 1.807) is 0 Å². The predicted octanol–water partition coefficient (Wildman–Crippen LogP) is 4.65. The van der Waals surface area contributed by atoms with Crippen molar-refractivity contribution < 1.29 is 0 Å². The van der Waals surface area contributed by atoms with Gasteiger partial charge in [-0.3, -0.25) is 4.98 Å². The highest BCUT2D eigenvalue weighted by Crippen LogP contribution is 2.50. The van der Waals surface area contributed by atoms with Crippen molar-refractivity contribution in [3.8, 4) is 0 Å². The topological polar surface area (TPSA) is 12.9 Å². The van der Waals surface area contributed by atoms with Gasteiger partial charge in [0.05, 0.1) is 0 Å². The fourth-order valence-electron chi connectivity index (χ4n) is 2.73. The molecule has 0 spiro atoms. The van der Waals surface area contributed by atoms with Crippen LogP contribution in [0.4, 0.5) is 0 Å². The predicted molar refractivity (Wildman–Crippen MR) is 73.3 cm³/mol. The fraction of sp³-hybridized carbons (Fsp3) is 0.688. The van der Waals surface area contributed by atoms with Crippen molar-refractivity contribution in [2.75, 3.05) is 0 Å². The maximum atomic E-state index is 4.90. The number of aromatic nitrogens is 1. The number of unbranched alkanes of at least 4 members (excludes halogenated alkanes) is 2. The van der Waals surface area contributed by atoms with Crippen LogP contribution in [0, 0.1) is 0 Å². The molecular formula is C16H25N. The van der Waals surface area contributed by atoms with Crippen molar-refractivity contribution in [2.24, 2.45) is 0 Å². The van der Waals surface area contributed by atoms with Crippen molar-refractivity contribution in [3.63, 3.8) is 0 Å². The number of aryl methyl sites for hydroxylation is 1. The first kappa shape index (κ1) is 12.6. The smallest absolute Gasteiger partial charge is 0.0468 e. The van der Waals surface area contributed by atoms with Gasteiger partial charge >= 0.3 is 0 Å². The summed E-state index contributed by atoms with van der Waals surface area (Å²) in [6.45, 7) is 4.54. The third-order valence-corrected chi connectivity index (χ3v) is 3.97. The minimum absolute atomic E-state index is 0.468. The van der Waals surface area contributed by atoms with E-state index in [-0.39, 0.29) is 0 Å². The van der Waals surface area contributed by atoms with E-state index in [0.29, 0.717) is 5.41 Å². The van der Waals surface area contributed by atoms with Crippen molar-refractivity contribution >= 4 is 0 Å². The molecule has 1 aliphatic carbocycles. The molecule has 0 saturated heterocycles. The molecular weight excluding hydrogens is 206 g/mol. The molecule has 2 rings (SSSR count). The molecule has 0 N–H and O–H groups in total. The number of hydrogen-bond donors (Lipinski definition) is 0. The largest absolute Gasteiger partial charge is 0.257 e. The Labute approximate surface area is 106 Å². The first-order chi connectivity index (χ1) is 8.30. The highest BCUT2D eigenvalue weighted by molar-refractivity contribution is 5.26. The van der Waals surface area contributed by atoms with E-state index in [0.717, 1.165) is 6.42 Å². The molecule has 0 amide bonds. The summed E-state index contributed by atoms with van der Waals surface area (Å²) in [6, 6.07) is 6.65. The summed E-state index contributed by atoms with van der Waals surface area (Å²) in [5.41, 5.74) is 3.14. The molecule has 94 valence electrons. The zero-order valence-corrected chi connectivity index (χ0v) is 11.3. The van der Waals surface area contributed by atoms with Gasteiger partial charge in [0, 0.05) is 16.8 Å². The van der Waals surface area contributed by atoms with Crippen LogP contribution in [0.2, 0.25) is 0 Å². The Morgan fingerprint density at radius 1 is 1.12 bits per heavy atom. The van der Waals surface area contributed by atoms with Gasteiger partial charge in [0.15, 0.2) is 0 Å². The Bertz CT molecular complexity index is 352. The van der Waals surface area contributed by atoms with E-state index in [1.807, 2.05) is 0 Å². The summed E-state index contributed by atoms with van der Waals surface area (Å²) in [6.07, 6.45) is 10.4. The summed E-state index contributed by atoms with van der Waals surface area (Å²) in [5, 5.41) is 0. The molecule has 1 heterocycles. The van der Waals surface area contributed by atoms with E-state index >= 15 is 0 Å². The van der Waals surface area contributed by atoms with Crippen molar-refractivity contribution in [1.29, 1.82) is 0 Å². The number of pyridine rings is 1. The molecule has 17 heavy (non-hydrogen) atoms. The van der Waals surface area contributed by atoms with Crippen LogP contribution in [0.25, 0.3) is 0 Å². The maximum Gasteiger partial charge on any atom is 0.0468 e. The van der Waals surface area contributed by atoms with Crippen LogP contribution in [0.1, 0.15) is 70.2 Å². The first-order valence-corrected chi connectivity index (χ1v) is 7.27. The van der Waals surface area contributed by atoms with Crippen molar-refractivity contribution in [3.05, 3.63) is 29.6 Å². The second-order valence-corrected chi connectivity index (χ2v) is 5.50. The SMILES string of the molecule is CCCCCc1cccc(C2(CCC)CC2)n1. The Morgan fingerprint density at radius 3 is 2.59 bits per heavy atom. The van der Waals surface area contributed by atoms with Gasteiger partial charge in [-0.2, -0.15) is 0 Å². The summed E-state index contributed by atoms with van der Waals surface area (Å²) in [5.74, 6) is 0. The zero-order chi connectivity index (χ0) is 12.1. The Balaban J connectivity index is 2.01. The van der Waals surface area contributed by atoms with Crippen LogP contribution in [-0.4, -0.2) is 4.98 Å². The Morgan fingerprint density at radius 2 is 1.94 bits per heavy atom. The van der Waals surface area contributed by atoms with Crippen LogP contribution in [0.15, 0.2) is 18.2 Å². The van der Waals surface area contributed by atoms with Gasteiger partial charge in [-0.05, 0) is 44.2 Å². The van der Waals surface area contributed by atoms with Gasteiger partial charge in [0.25, 0.3) is 0 Å². The van der Waals surface area contributed by atoms with E-state index in [1.165, 1.54) is 56.3 Å². The minimum Gasteiger partial charge on any atom is -0.257 e. The normalized spacial score (nSPS) is 17.1. The van der Waals surface area contributed by atoms with Crippen LogP contribution < -0.4 is 0 Å². The third kappa shape index (κ3) is 3.08. The lowest BCUT2D eigenvalue weighted by atomic mass is 9.95. The Hall–Kier alpha value is -0.850. The standard InChI is InChI=1S/C16H25N/c1-3-5-6-8-14-9-7-10-15(17-14)16(11-4-2)12-13-16/h7,9-10H,3-6,8,11-13H2,1-2H3. The van der Waals surface area contributed by atoms with Gasteiger partial charge in [-0.1, -0.05) is 39.2 Å². The molecule has 0 bridgehead atoms. The molecule has 1 saturated carbocycles. The number of nitrogens with zero attached hydrogens (tertiary/aromatic N) is 1. The van der Waals surface area contributed by atoms with Crippen molar-refractivity contribution in [1.82, 2.24) is 4.98 Å². The number of rotatable bonds is 7. The van der Waals surface area contributed by atoms with E-state index < -0.39 is 0 Å². The van der Waals surface area contributed by atoms with Crippen LogP contribution >= 0.6 is 0 Å². The quantitative estimate of drug-likeness (QED) is 0.623. The van der Waals surface area contributed by atoms with Gasteiger partial charge in [-0.15, -0.1) is 0 Å². The molecule has 1 heteroatoms. The summed E-state index contributed by atoms with van der Waals surface area (Å²) in [7, 11) is 0. The van der Waals surface area contributed by atoms with Crippen LogP contribution in [0.3, 0.4) is 0 Å². The lowest BCUT2D eigenvalue weighted by Gasteiger charge is -2.14. The van der Waals surface area contributed by atoms with Gasteiger partial charge in [0.2, 0.25) is 0 Å². The number of hydrogen-bond acceptors (Lipinski definition) is 1. The highest BCUT2D eigenvalue weighted by Gasteiger charge is 2.44. The molecule has 0 aliphatic heterocycles. The van der Waals surface area contributed by atoms with Crippen molar-refractivity contribution in [2.45, 2.75) is 70.6 Å². The maximum absolute atomic E-state index is 4.90. The molecule has 1 aliphatic rings. The lowest BCUT2D eigenvalue weighted by Crippen LogP contribution is -2.09. The first-order valence-electron chi connectivity index (χ1n) is 7.27. The van der Waals surface area contributed by atoms with E-state index in [2.05, 4.69) is 32.0 Å². The van der Waals surface area contributed by atoms with Crippen LogP contribution in [-0.2, 0) is 11.8 Å². The van der Waals surface area contributed by atoms with Gasteiger partial charge in [0.1, 0.15) is 0 Å². The molecule has 0 radical (unpaired) electrons. The lowest BCUT2D eigenvalue weighted by molar-refractivity contribution is 0.584. The average molecular weight is 231 g/mol. The molecule has 0 aromatic carbocycles. The average Bonchev–Trinajstić information content (AvgIpc) is 3.12. The summed E-state index contributed by atoms with van der Waals surface area (Å²) < 4.78 is 0. The fourth-order valence-corrected chi connectivity index (χ4v) is 2.73. The molecule has 0 unspecified atom stereocenters. The molecule has 1 fully saturated rings. The third-order valence-electron chi connectivity index (χ3n) is 3.97. The molecule has 1 aromatic rings. The van der Waals surface area contributed by atoms with Gasteiger partial charge in [-0.25, -0.2) is 0 Å². The molecule has 0 atom stereocenters. The minimum atomic E-state index is 0.468. The Kier molecular flexibility index (Phi) is 4.20. The zero-order valence-electron chi connectivity index (χ0n) is 11.3. The summed E-state index contributed by atoms with van der Waals surface area (Å²) in [4.78, 5) is 4.90. The van der Waals surface area contributed by atoms with Gasteiger partial charge < -0.3 is 0 Å². The van der Waals surface area contributed by atoms with E-state index in [9.17, 15) is 0 Å². The highest BCUT2D eigenvalue weighted by atomic mass is 14.8. The second kappa shape index (κ2) is 5.66.